The highest BCUT2D eigenvalue weighted by atomic mass is 19.3. The topological polar surface area (TPSA) is 18.5 Å². The van der Waals surface area contributed by atoms with Crippen LogP contribution in [0.1, 0.15) is 56.4 Å². The lowest BCUT2D eigenvalue weighted by atomic mass is 9.68. The average Bonchev–Trinajstić information content (AvgIpc) is 2.71. The molecule has 0 aliphatic heterocycles. The number of ether oxygens (including phenoxy) is 2. The van der Waals surface area contributed by atoms with E-state index >= 15 is 0 Å². The fourth-order valence-electron chi connectivity index (χ4n) is 4.91. The van der Waals surface area contributed by atoms with Gasteiger partial charge in [0.1, 0.15) is 12.4 Å². The van der Waals surface area contributed by atoms with Crippen molar-refractivity contribution in [2.45, 2.75) is 62.9 Å². The lowest BCUT2D eigenvalue weighted by molar-refractivity contribution is -0.150. The number of halogens is 2. The van der Waals surface area contributed by atoms with E-state index in [0.717, 1.165) is 37.9 Å². The molecule has 1 aromatic rings. The van der Waals surface area contributed by atoms with Gasteiger partial charge in [-0.1, -0.05) is 30.9 Å². The molecular formula is C24H32F2O2. The van der Waals surface area contributed by atoms with E-state index in [1.54, 1.807) is 12.2 Å². The van der Waals surface area contributed by atoms with Crippen LogP contribution in [0.25, 0.3) is 0 Å². The maximum atomic E-state index is 14.8. The third-order valence-corrected chi connectivity index (χ3v) is 6.35. The van der Waals surface area contributed by atoms with Gasteiger partial charge in [-0.05, 0) is 68.1 Å². The SMILES string of the molecule is C=CCOc1ccc(C2CCC(C3CCC(OCC=C)CC3(F)F)CC2)cc1. The summed E-state index contributed by atoms with van der Waals surface area (Å²) in [5.74, 6) is -1.68. The molecule has 0 aromatic heterocycles. The van der Waals surface area contributed by atoms with Gasteiger partial charge in [-0.15, -0.1) is 6.58 Å². The van der Waals surface area contributed by atoms with Crippen LogP contribution in [0.4, 0.5) is 8.78 Å². The van der Waals surface area contributed by atoms with Gasteiger partial charge in [-0.25, -0.2) is 8.78 Å². The van der Waals surface area contributed by atoms with Gasteiger partial charge in [0.25, 0.3) is 5.92 Å². The molecule has 0 N–H and O–H groups in total. The van der Waals surface area contributed by atoms with Crippen LogP contribution in [0.5, 0.6) is 5.75 Å². The quantitative estimate of drug-likeness (QED) is 0.470. The van der Waals surface area contributed by atoms with Gasteiger partial charge in [0, 0.05) is 12.3 Å². The number of alkyl halides is 2. The van der Waals surface area contributed by atoms with Crippen LogP contribution in [0.3, 0.4) is 0 Å². The maximum absolute atomic E-state index is 14.8. The molecule has 2 fully saturated rings. The average molecular weight is 391 g/mol. The first-order chi connectivity index (χ1) is 13.5. The third-order valence-electron chi connectivity index (χ3n) is 6.35. The zero-order valence-corrected chi connectivity index (χ0v) is 16.6. The van der Waals surface area contributed by atoms with Gasteiger partial charge in [-0.2, -0.15) is 0 Å². The summed E-state index contributed by atoms with van der Waals surface area (Å²) in [6.45, 7) is 8.10. The van der Waals surface area contributed by atoms with Crippen molar-refractivity contribution in [3.8, 4) is 5.75 Å². The molecule has 1 aromatic carbocycles. The number of rotatable bonds is 8. The van der Waals surface area contributed by atoms with Crippen LogP contribution in [0.15, 0.2) is 49.6 Å². The Morgan fingerprint density at radius 1 is 0.929 bits per heavy atom. The van der Waals surface area contributed by atoms with E-state index < -0.39 is 11.8 Å². The highest BCUT2D eigenvalue weighted by molar-refractivity contribution is 5.30. The van der Waals surface area contributed by atoms with Crippen molar-refractivity contribution in [3.05, 3.63) is 55.1 Å². The minimum Gasteiger partial charge on any atom is -0.490 e. The van der Waals surface area contributed by atoms with E-state index in [1.807, 2.05) is 12.1 Å². The van der Waals surface area contributed by atoms with Crippen molar-refractivity contribution in [2.24, 2.45) is 11.8 Å². The molecule has 0 saturated heterocycles. The maximum Gasteiger partial charge on any atom is 0.253 e. The van der Waals surface area contributed by atoms with Gasteiger partial charge in [0.2, 0.25) is 0 Å². The van der Waals surface area contributed by atoms with Crippen molar-refractivity contribution < 1.29 is 18.3 Å². The first kappa shape index (κ1) is 21.0. The van der Waals surface area contributed by atoms with E-state index in [0.29, 0.717) is 25.6 Å². The van der Waals surface area contributed by atoms with Crippen molar-refractivity contribution in [1.29, 1.82) is 0 Å². The molecular weight excluding hydrogens is 358 g/mol. The van der Waals surface area contributed by atoms with E-state index in [9.17, 15) is 8.78 Å². The Labute approximate surface area is 167 Å². The summed E-state index contributed by atoms with van der Waals surface area (Å²) in [5, 5.41) is 0. The molecule has 2 nitrogen and oxygen atoms in total. The van der Waals surface area contributed by atoms with Crippen molar-refractivity contribution in [1.82, 2.24) is 0 Å². The van der Waals surface area contributed by atoms with Crippen molar-refractivity contribution in [2.75, 3.05) is 13.2 Å². The molecule has 0 heterocycles. The lowest BCUT2D eigenvalue weighted by Gasteiger charge is -2.42. The van der Waals surface area contributed by atoms with E-state index in [1.165, 1.54) is 5.56 Å². The molecule has 0 amide bonds. The molecule has 2 aliphatic carbocycles. The number of hydrogen-bond acceptors (Lipinski definition) is 2. The summed E-state index contributed by atoms with van der Waals surface area (Å²) in [6.07, 6.45) is 7.93. The molecule has 4 heteroatoms. The Kier molecular flexibility index (Phi) is 7.28. The van der Waals surface area contributed by atoms with Gasteiger partial charge in [-0.3, -0.25) is 0 Å². The van der Waals surface area contributed by atoms with E-state index in [-0.39, 0.29) is 18.4 Å². The van der Waals surface area contributed by atoms with Crippen LogP contribution >= 0.6 is 0 Å². The second-order valence-electron chi connectivity index (χ2n) is 8.17. The molecule has 2 aliphatic rings. The summed E-state index contributed by atoms with van der Waals surface area (Å²) in [6, 6.07) is 8.20. The molecule has 2 atom stereocenters. The fraction of sp³-hybridized carbons (Fsp3) is 0.583. The highest BCUT2D eigenvalue weighted by Crippen LogP contribution is 2.49. The number of hydrogen-bond donors (Lipinski definition) is 0. The van der Waals surface area contributed by atoms with Gasteiger partial charge < -0.3 is 9.47 Å². The summed E-state index contributed by atoms with van der Waals surface area (Å²) in [4.78, 5) is 0. The smallest absolute Gasteiger partial charge is 0.253 e. The molecule has 0 spiro atoms. The third kappa shape index (κ3) is 5.22. The molecule has 2 unspecified atom stereocenters. The zero-order chi connectivity index (χ0) is 20.0. The molecule has 3 rings (SSSR count). The normalized spacial score (nSPS) is 29.8. The summed E-state index contributed by atoms with van der Waals surface area (Å²) in [7, 11) is 0. The van der Waals surface area contributed by atoms with E-state index in [4.69, 9.17) is 9.47 Å². The Balaban J connectivity index is 1.52. The van der Waals surface area contributed by atoms with Crippen LogP contribution in [0, 0.1) is 11.8 Å². The Morgan fingerprint density at radius 3 is 2.21 bits per heavy atom. The summed E-state index contributed by atoms with van der Waals surface area (Å²) >= 11 is 0. The second-order valence-corrected chi connectivity index (χ2v) is 8.17. The largest absolute Gasteiger partial charge is 0.490 e. The Morgan fingerprint density at radius 2 is 1.61 bits per heavy atom. The standard InChI is InChI=1S/C24H32F2O2/c1-3-15-27-21-11-9-19(10-12-21)18-5-7-20(8-6-18)23-14-13-22(28-16-4-2)17-24(23,25)26/h3-4,9-12,18,20,22-23H,1-2,5-8,13-17H2. The molecule has 2 saturated carbocycles. The van der Waals surface area contributed by atoms with Gasteiger partial charge >= 0.3 is 0 Å². The molecule has 154 valence electrons. The highest BCUT2D eigenvalue weighted by Gasteiger charge is 2.49. The predicted molar refractivity (Wildman–Crippen MR) is 109 cm³/mol. The van der Waals surface area contributed by atoms with Crippen LogP contribution in [-0.2, 0) is 4.74 Å². The summed E-state index contributed by atoms with van der Waals surface area (Å²) < 4.78 is 40.6. The van der Waals surface area contributed by atoms with Gasteiger partial charge in [0.05, 0.1) is 12.7 Å². The second kappa shape index (κ2) is 9.69. The first-order valence-electron chi connectivity index (χ1n) is 10.5. The first-order valence-corrected chi connectivity index (χ1v) is 10.5. The minimum atomic E-state index is -2.62. The van der Waals surface area contributed by atoms with Crippen LogP contribution in [-0.4, -0.2) is 25.2 Å². The Hall–Kier alpha value is -1.68. The number of benzene rings is 1. The van der Waals surface area contributed by atoms with Gasteiger partial charge in [0.15, 0.2) is 0 Å². The molecule has 28 heavy (non-hydrogen) atoms. The zero-order valence-electron chi connectivity index (χ0n) is 16.6. The monoisotopic (exact) mass is 390 g/mol. The van der Waals surface area contributed by atoms with Crippen molar-refractivity contribution in [3.63, 3.8) is 0 Å². The lowest BCUT2D eigenvalue weighted by Crippen LogP contribution is -2.43. The van der Waals surface area contributed by atoms with E-state index in [2.05, 4.69) is 25.3 Å². The summed E-state index contributed by atoms with van der Waals surface area (Å²) in [5.41, 5.74) is 1.29. The predicted octanol–water partition coefficient (Wildman–Crippen LogP) is 6.53. The molecule has 0 bridgehead atoms. The van der Waals surface area contributed by atoms with Crippen LogP contribution < -0.4 is 4.74 Å². The minimum absolute atomic E-state index is 0.127. The van der Waals surface area contributed by atoms with Crippen LogP contribution in [0.2, 0.25) is 0 Å². The Bertz CT molecular complexity index is 633. The molecule has 0 radical (unpaired) electrons. The van der Waals surface area contributed by atoms with Crippen molar-refractivity contribution >= 4 is 0 Å². The fourth-order valence-corrected chi connectivity index (χ4v) is 4.91.